The second kappa shape index (κ2) is 9.88. The quantitative estimate of drug-likeness (QED) is 0.332. The minimum Gasteiger partial charge on any atom is -0.493 e. The zero-order valence-electron chi connectivity index (χ0n) is 18.2. The summed E-state index contributed by atoms with van der Waals surface area (Å²) in [7, 11) is -0.698. The Morgan fingerprint density at radius 1 is 1.12 bits per heavy atom. The molecule has 33 heavy (non-hydrogen) atoms. The number of rotatable bonds is 8. The third kappa shape index (κ3) is 5.99. The third-order valence-corrected chi connectivity index (χ3v) is 5.26. The smallest absolute Gasteiger partial charge is 0.414 e. The lowest BCUT2D eigenvalue weighted by Gasteiger charge is -2.14. The molecule has 2 aromatic carbocycles. The van der Waals surface area contributed by atoms with E-state index in [1.807, 2.05) is 0 Å². The number of carbonyl (C=O) groups is 2. The van der Waals surface area contributed by atoms with Gasteiger partial charge in [-0.3, -0.25) is 19.3 Å². The van der Waals surface area contributed by atoms with Gasteiger partial charge >= 0.3 is 6.09 Å². The molecule has 2 aromatic rings. The highest BCUT2D eigenvalue weighted by Gasteiger charge is 2.33. The summed E-state index contributed by atoms with van der Waals surface area (Å²) in [5.41, 5.74) is 1.19. The van der Waals surface area contributed by atoms with Gasteiger partial charge in [-0.25, -0.2) is 4.79 Å². The molecule has 1 unspecified atom stereocenters. The molecule has 12 heteroatoms. The van der Waals surface area contributed by atoms with Crippen molar-refractivity contribution in [2.24, 2.45) is 0 Å². The molecular formula is C21H23N3O8S. The molecule has 1 aliphatic heterocycles. The van der Waals surface area contributed by atoms with Crippen LogP contribution in [-0.2, 0) is 19.0 Å². The number of carbonyl (C=O) groups excluding carboxylic acids is 2. The van der Waals surface area contributed by atoms with Gasteiger partial charge in [0.05, 0.1) is 27.0 Å². The van der Waals surface area contributed by atoms with Gasteiger partial charge in [-0.15, -0.1) is 0 Å². The van der Waals surface area contributed by atoms with Crippen LogP contribution in [0.4, 0.5) is 10.5 Å². The van der Waals surface area contributed by atoms with Crippen molar-refractivity contribution in [1.29, 1.82) is 5.41 Å². The summed E-state index contributed by atoms with van der Waals surface area (Å²) in [6.07, 6.45) is -0.452. The first-order valence-electron chi connectivity index (χ1n) is 9.66. The summed E-state index contributed by atoms with van der Waals surface area (Å²) < 4.78 is 42.4. The molecule has 1 aliphatic rings. The molecule has 11 nitrogen and oxygen atoms in total. The van der Waals surface area contributed by atoms with Crippen molar-refractivity contribution in [2.45, 2.75) is 6.10 Å². The minimum atomic E-state index is -3.65. The van der Waals surface area contributed by atoms with Crippen LogP contribution >= 0.6 is 0 Å². The average Bonchev–Trinajstić information content (AvgIpc) is 3.17. The Morgan fingerprint density at radius 3 is 2.36 bits per heavy atom. The first-order chi connectivity index (χ1) is 15.6. The van der Waals surface area contributed by atoms with Gasteiger partial charge in [0.1, 0.15) is 18.5 Å². The Morgan fingerprint density at radius 2 is 1.76 bits per heavy atom. The zero-order chi connectivity index (χ0) is 24.2. The molecule has 0 aliphatic carbocycles. The number of anilines is 1. The number of hydrogen-bond acceptors (Lipinski definition) is 9. The third-order valence-electron chi connectivity index (χ3n) is 4.69. The van der Waals surface area contributed by atoms with E-state index in [9.17, 15) is 18.0 Å². The fraction of sp³-hybridized carbons (Fsp3) is 0.286. The minimum absolute atomic E-state index is 0.112. The predicted octanol–water partition coefficient (Wildman–Crippen LogP) is 1.76. The van der Waals surface area contributed by atoms with E-state index < -0.39 is 28.2 Å². The van der Waals surface area contributed by atoms with Crippen LogP contribution in [-0.4, -0.2) is 66.0 Å². The van der Waals surface area contributed by atoms with Gasteiger partial charge in [0.25, 0.3) is 16.0 Å². The Hall–Kier alpha value is -3.64. The van der Waals surface area contributed by atoms with Crippen molar-refractivity contribution in [3.63, 3.8) is 0 Å². The highest BCUT2D eigenvalue weighted by atomic mass is 32.2. The van der Waals surface area contributed by atoms with Crippen LogP contribution in [0.3, 0.4) is 0 Å². The van der Waals surface area contributed by atoms with Gasteiger partial charge in [0.2, 0.25) is 0 Å². The Bertz CT molecular complexity index is 1160. The topological polar surface area (TPSA) is 144 Å². The summed E-state index contributed by atoms with van der Waals surface area (Å²) in [5.74, 6) is 0.232. The van der Waals surface area contributed by atoms with E-state index in [1.54, 1.807) is 36.4 Å². The molecule has 1 fully saturated rings. The van der Waals surface area contributed by atoms with Crippen molar-refractivity contribution in [2.75, 3.05) is 38.5 Å². The van der Waals surface area contributed by atoms with Gasteiger partial charge in [-0.2, -0.15) is 8.42 Å². The second-order valence-electron chi connectivity index (χ2n) is 7.05. The number of hydrogen-bond donors (Lipinski definition) is 2. The van der Waals surface area contributed by atoms with Crippen LogP contribution in [0.1, 0.15) is 15.9 Å². The molecule has 2 N–H and O–H groups in total. The molecule has 2 amide bonds. The zero-order valence-corrected chi connectivity index (χ0v) is 19.0. The van der Waals surface area contributed by atoms with Gasteiger partial charge < -0.3 is 19.5 Å². The van der Waals surface area contributed by atoms with Crippen molar-refractivity contribution < 1.29 is 36.4 Å². The van der Waals surface area contributed by atoms with E-state index in [0.717, 1.165) is 6.26 Å². The summed E-state index contributed by atoms with van der Waals surface area (Å²) in [6, 6.07) is 11.0. The number of benzene rings is 2. The normalized spacial score (nSPS) is 15.7. The van der Waals surface area contributed by atoms with Crippen LogP contribution in [0.5, 0.6) is 11.5 Å². The molecular weight excluding hydrogens is 454 g/mol. The van der Waals surface area contributed by atoms with E-state index in [1.165, 1.54) is 25.2 Å². The monoisotopic (exact) mass is 477 g/mol. The highest BCUT2D eigenvalue weighted by molar-refractivity contribution is 7.85. The fourth-order valence-electron chi connectivity index (χ4n) is 3.06. The first kappa shape index (κ1) is 24.0. The molecule has 3 rings (SSSR count). The van der Waals surface area contributed by atoms with E-state index in [2.05, 4.69) is 9.50 Å². The summed E-state index contributed by atoms with van der Waals surface area (Å²) >= 11 is 0. The fourth-order valence-corrected chi connectivity index (χ4v) is 3.46. The lowest BCUT2D eigenvalue weighted by Crippen LogP contribution is -2.30. The Labute approximate surface area is 190 Å². The standard InChI is InChI=1S/C21H23N3O8S/c1-29-17-9-6-14(10-18(17)30-2)20(25)23-19(22)13-4-7-15(8-5-13)24-11-16(32-21(24)26)12-31-33(3,27)28/h4-10,16H,11-12H2,1-3H3,(H2,22,23,25). The maximum Gasteiger partial charge on any atom is 0.414 e. The van der Waals surface area contributed by atoms with E-state index in [-0.39, 0.29) is 24.6 Å². The second-order valence-corrected chi connectivity index (χ2v) is 8.69. The highest BCUT2D eigenvalue weighted by Crippen LogP contribution is 2.27. The molecule has 0 spiro atoms. The average molecular weight is 477 g/mol. The van der Waals surface area contributed by atoms with Crippen molar-refractivity contribution >= 4 is 33.6 Å². The van der Waals surface area contributed by atoms with Crippen LogP contribution in [0.15, 0.2) is 42.5 Å². The van der Waals surface area contributed by atoms with Crippen LogP contribution in [0.2, 0.25) is 0 Å². The largest absolute Gasteiger partial charge is 0.493 e. The lowest BCUT2D eigenvalue weighted by molar-refractivity contribution is 0.0976. The molecule has 0 saturated carbocycles. The molecule has 0 radical (unpaired) electrons. The molecule has 0 aromatic heterocycles. The van der Waals surface area contributed by atoms with Crippen LogP contribution in [0, 0.1) is 5.41 Å². The molecule has 0 bridgehead atoms. The molecule has 1 heterocycles. The van der Waals surface area contributed by atoms with Gasteiger partial charge in [0.15, 0.2) is 11.5 Å². The van der Waals surface area contributed by atoms with E-state index >= 15 is 0 Å². The summed E-state index contributed by atoms with van der Waals surface area (Å²) in [5, 5.41) is 10.7. The number of methoxy groups -OCH3 is 2. The number of amides is 2. The van der Waals surface area contributed by atoms with Gasteiger partial charge in [-0.1, -0.05) is 0 Å². The molecule has 1 atom stereocenters. The Kier molecular flexibility index (Phi) is 7.19. The molecule has 176 valence electrons. The van der Waals surface area contributed by atoms with E-state index in [0.29, 0.717) is 22.7 Å². The number of cyclic esters (lactones) is 1. The van der Waals surface area contributed by atoms with Crippen LogP contribution < -0.4 is 19.7 Å². The van der Waals surface area contributed by atoms with Gasteiger partial charge in [-0.05, 0) is 42.5 Å². The van der Waals surface area contributed by atoms with Crippen molar-refractivity contribution in [3.8, 4) is 11.5 Å². The molecule has 1 saturated heterocycles. The number of nitrogens with zero attached hydrogens (tertiary/aromatic N) is 1. The predicted molar refractivity (Wildman–Crippen MR) is 119 cm³/mol. The van der Waals surface area contributed by atoms with Gasteiger partial charge in [0, 0.05) is 16.8 Å². The number of nitrogens with one attached hydrogen (secondary N) is 2. The first-order valence-corrected chi connectivity index (χ1v) is 11.5. The number of ether oxygens (including phenoxy) is 3. The SMILES string of the molecule is COc1ccc(C(=O)NC(=N)c2ccc(N3CC(COS(C)(=O)=O)OC3=O)cc2)cc1OC. The number of amidine groups is 1. The maximum absolute atomic E-state index is 12.5. The van der Waals surface area contributed by atoms with Crippen LogP contribution in [0.25, 0.3) is 0 Å². The summed E-state index contributed by atoms with van der Waals surface area (Å²) in [6.45, 7) is -0.160. The summed E-state index contributed by atoms with van der Waals surface area (Å²) in [4.78, 5) is 25.9. The lowest BCUT2D eigenvalue weighted by atomic mass is 10.1. The van der Waals surface area contributed by atoms with Crippen molar-refractivity contribution in [3.05, 3.63) is 53.6 Å². The van der Waals surface area contributed by atoms with Crippen molar-refractivity contribution in [1.82, 2.24) is 5.32 Å². The maximum atomic E-state index is 12.5. The Balaban J connectivity index is 1.63. The van der Waals surface area contributed by atoms with E-state index in [4.69, 9.17) is 19.6 Å².